The van der Waals surface area contributed by atoms with Crippen LogP contribution >= 0.6 is 12.6 Å². The Labute approximate surface area is 165 Å². The van der Waals surface area contributed by atoms with Crippen LogP contribution in [-0.2, 0) is 9.47 Å². The van der Waals surface area contributed by atoms with Gasteiger partial charge < -0.3 is 9.47 Å². The van der Waals surface area contributed by atoms with E-state index in [2.05, 4.69) is 70.7 Å². The number of rotatable bonds is 8. The highest BCUT2D eigenvalue weighted by molar-refractivity contribution is 7.80. The summed E-state index contributed by atoms with van der Waals surface area (Å²) in [4.78, 5) is 0. The Morgan fingerprint density at radius 1 is 1.15 bits per heavy atom. The third kappa shape index (κ3) is 4.48. The molecule has 3 heteroatoms. The van der Waals surface area contributed by atoms with E-state index in [1.165, 1.54) is 37.7 Å². The van der Waals surface area contributed by atoms with Gasteiger partial charge in [-0.2, -0.15) is 0 Å². The maximum absolute atomic E-state index is 6.39. The molecule has 2 nitrogen and oxygen atoms in total. The van der Waals surface area contributed by atoms with Gasteiger partial charge in [0.25, 0.3) is 0 Å². The molecule has 2 bridgehead atoms. The molecule has 1 aromatic rings. The predicted octanol–water partition coefficient (Wildman–Crippen LogP) is 6.42. The molecule has 6 unspecified atom stereocenters. The standard InChI is InChI=1S/C23H36O2S/c1-16(24-17(2)19-9-7-6-8-10-19)13-23-12-11-20(14-23)21(15-23)22(4,5)25-18(3)26/h6-10,16-18,20-21,26H,11-15H2,1-5H3. The van der Waals surface area contributed by atoms with E-state index in [0.717, 1.165) is 5.92 Å². The highest BCUT2D eigenvalue weighted by Gasteiger charge is 2.55. The molecule has 2 saturated carbocycles. The zero-order chi connectivity index (χ0) is 18.9. The van der Waals surface area contributed by atoms with Crippen molar-refractivity contribution >= 4 is 12.6 Å². The first-order valence-electron chi connectivity index (χ1n) is 10.3. The largest absolute Gasteiger partial charge is 0.371 e. The molecular formula is C23H36O2S. The molecule has 26 heavy (non-hydrogen) atoms. The molecule has 3 rings (SSSR count). The van der Waals surface area contributed by atoms with Crippen molar-refractivity contribution in [2.75, 3.05) is 0 Å². The minimum absolute atomic E-state index is 0.00550. The van der Waals surface area contributed by atoms with Gasteiger partial charge in [-0.25, -0.2) is 0 Å². The van der Waals surface area contributed by atoms with Gasteiger partial charge in [-0.1, -0.05) is 30.3 Å². The summed E-state index contributed by atoms with van der Waals surface area (Å²) in [5.74, 6) is 1.44. The van der Waals surface area contributed by atoms with Crippen LogP contribution in [0.3, 0.4) is 0 Å². The Hall–Kier alpha value is -0.510. The van der Waals surface area contributed by atoms with E-state index in [1.54, 1.807) is 0 Å². The number of hydrogen-bond acceptors (Lipinski definition) is 3. The van der Waals surface area contributed by atoms with Crippen LogP contribution in [-0.4, -0.2) is 17.1 Å². The van der Waals surface area contributed by atoms with Gasteiger partial charge in [-0.05, 0) is 89.5 Å². The molecule has 0 spiro atoms. The monoisotopic (exact) mass is 376 g/mol. The third-order valence-corrected chi connectivity index (χ3v) is 6.86. The fourth-order valence-corrected chi connectivity index (χ4v) is 6.10. The molecule has 146 valence electrons. The highest BCUT2D eigenvalue weighted by Crippen LogP contribution is 2.62. The quantitative estimate of drug-likeness (QED) is 0.417. The lowest BCUT2D eigenvalue weighted by Crippen LogP contribution is -2.40. The second kappa shape index (κ2) is 7.85. The molecule has 0 aliphatic heterocycles. The van der Waals surface area contributed by atoms with Gasteiger partial charge in [0.05, 0.1) is 23.2 Å². The SMILES string of the molecule is CC(S)OC(C)(C)C1CC2(CC(C)OC(C)c3ccccc3)CCC1C2. The molecule has 0 N–H and O–H groups in total. The van der Waals surface area contributed by atoms with E-state index in [4.69, 9.17) is 9.47 Å². The van der Waals surface area contributed by atoms with Crippen LogP contribution in [0, 0.1) is 17.3 Å². The summed E-state index contributed by atoms with van der Waals surface area (Å²) in [6, 6.07) is 10.6. The molecule has 0 radical (unpaired) electrons. The zero-order valence-corrected chi connectivity index (χ0v) is 18.0. The van der Waals surface area contributed by atoms with E-state index >= 15 is 0 Å². The Kier molecular flexibility index (Phi) is 6.11. The summed E-state index contributed by atoms with van der Waals surface area (Å²) in [7, 11) is 0. The lowest BCUT2D eigenvalue weighted by molar-refractivity contribution is -0.0881. The van der Waals surface area contributed by atoms with Crippen molar-refractivity contribution in [2.45, 2.75) is 90.0 Å². The fraction of sp³-hybridized carbons (Fsp3) is 0.739. The molecular weight excluding hydrogens is 340 g/mol. The Morgan fingerprint density at radius 3 is 2.50 bits per heavy atom. The van der Waals surface area contributed by atoms with Gasteiger partial charge in [0.1, 0.15) is 0 Å². The van der Waals surface area contributed by atoms with Crippen molar-refractivity contribution in [3.05, 3.63) is 35.9 Å². The Morgan fingerprint density at radius 2 is 1.85 bits per heavy atom. The average molecular weight is 377 g/mol. The van der Waals surface area contributed by atoms with E-state index in [9.17, 15) is 0 Å². The third-order valence-electron chi connectivity index (χ3n) is 6.76. The maximum atomic E-state index is 6.39. The number of ether oxygens (including phenoxy) is 2. The molecule has 2 aliphatic carbocycles. The van der Waals surface area contributed by atoms with Gasteiger partial charge in [0.2, 0.25) is 0 Å². The molecule has 0 aromatic heterocycles. The van der Waals surface area contributed by atoms with Crippen molar-refractivity contribution in [3.8, 4) is 0 Å². The molecule has 0 amide bonds. The van der Waals surface area contributed by atoms with Gasteiger partial charge in [0.15, 0.2) is 0 Å². The first kappa shape index (κ1) is 20.2. The van der Waals surface area contributed by atoms with Crippen molar-refractivity contribution in [2.24, 2.45) is 17.3 Å². The molecule has 6 atom stereocenters. The van der Waals surface area contributed by atoms with E-state index in [-0.39, 0.29) is 23.2 Å². The summed E-state index contributed by atoms with van der Waals surface area (Å²) in [5, 5.41) is 0. The van der Waals surface area contributed by atoms with Crippen LogP contribution in [0.15, 0.2) is 30.3 Å². The number of benzene rings is 1. The van der Waals surface area contributed by atoms with E-state index in [1.807, 2.05) is 6.92 Å². The normalized spacial score (nSPS) is 31.8. The maximum Gasteiger partial charge on any atom is 0.0978 e. The first-order chi connectivity index (χ1) is 12.2. The topological polar surface area (TPSA) is 18.5 Å². The second-order valence-corrected chi connectivity index (χ2v) is 10.1. The summed E-state index contributed by atoms with van der Waals surface area (Å²) >= 11 is 4.46. The predicted molar refractivity (Wildman–Crippen MR) is 112 cm³/mol. The lowest BCUT2D eigenvalue weighted by Gasteiger charge is -2.41. The van der Waals surface area contributed by atoms with Crippen LogP contribution in [0.25, 0.3) is 0 Å². The van der Waals surface area contributed by atoms with Crippen LogP contribution in [0.5, 0.6) is 0 Å². The van der Waals surface area contributed by atoms with Gasteiger partial charge in [-0.3, -0.25) is 0 Å². The summed E-state index contributed by atoms with van der Waals surface area (Å²) in [6.07, 6.45) is 6.94. The molecule has 2 aliphatic rings. The minimum Gasteiger partial charge on any atom is -0.371 e. The summed E-state index contributed by atoms with van der Waals surface area (Å²) < 4.78 is 12.6. The van der Waals surface area contributed by atoms with Crippen molar-refractivity contribution in [3.63, 3.8) is 0 Å². The molecule has 0 heterocycles. The van der Waals surface area contributed by atoms with Crippen LogP contribution in [0.4, 0.5) is 0 Å². The molecule has 1 aromatic carbocycles. The van der Waals surface area contributed by atoms with Gasteiger partial charge >= 0.3 is 0 Å². The van der Waals surface area contributed by atoms with Crippen molar-refractivity contribution in [1.82, 2.24) is 0 Å². The minimum atomic E-state index is -0.0879. The van der Waals surface area contributed by atoms with Gasteiger partial charge in [0, 0.05) is 0 Å². The summed E-state index contributed by atoms with van der Waals surface area (Å²) in [6.45, 7) is 11.0. The summed E-state index contributed by atoms with van der Waals surface area (Å²) in [5.41, 5.74) is 1.62. The molecule has 2 fully saturated rings. The van der Waals surface area contributed by atoms with E-state index < -0.39 is 0 Å². The molecule has 0 saturated heterocycles. The van der Waals surface area contributed by atoms with Crippen LogP contribution in [0.1, 0.15) is 78.4 Å². The number of fused-ring (bicyclic) bond motifs is 2. The smallest absolute Gasteiger partial charge is 0.0978 e. The first-order valence-corrected chi connectivity index (χ1v) is 10.8. The number of hydrogen-bond donors (Lipinski definition) is 1. The van der Waals surface area contributed by atoms with Crippen molar-refractivity contribution < 1.29 is 9.47 Å². The van der Waals surface area contributed by atoms with Crippen molar-refractivity contribution in [1.29, 1.82) is 0 Å². The highest BCUT2D eigenvalue weighted by atomic mass is 32.1. The number of thiol groups is 1. The van der Waals surface area contributed by atoms with E-state index in [0.29, 0.717) is 11.3 Å². The Bertz CT molecular complexity index is 585. The second-order valence-electron chi connectivity index (χ2n) is 9.34. The lowest BCUT2D eigenvalue weighted by atomic mass is 9.72. The van der Waals surface area contributed by atoms with Crippen LogP contribution in [0.2, 0.25) is 0 Å². The average Bonchev–Trinajstić information content (AvgIpc) is 3.12. The Balaban J connectivity index is 1.60. The zero-order valence-electron chi connectivity index (χ0n) is 17.1. The fourth-order valence-electron chi connectivity index (χ4n) is 5.83. The van der Waals surface area contributed by atoms with Crippen LogP contribution < -0.4 is 0 Å². The van der Waals surface area contributed by atoms with Gasteiger partial charge in [-0.15, -0.1) is 12.6 Å².